The summed E-state index contributed by atoms with van der Waals surface area (Å²) in [6.07, 6.45) is 20.0. The second-order valence-corrected chi connectivity index (χ2v) is 14.8. The van der Waals surface area contributed by atoms with Crippen LogP contribution in [0, 0.1) is 0 Å². The number of hydrogen-bond donors (Lipinski definition) is 1. The molecule has 0 radical (unpaired) electrons. The molecule has 3 heterocycles. The van der Waals surface area contributed by atoms with Gasteiger partial charge < -0.3 is 14.8 Å². The van der Waals surface area contributed by atoms with Gasteiger partial charge in [-0.05, 0) is 95.5 Å². The molecule has 3 atom stereocenters. The summed E-state index contributed by atoms with van der Waals surface area (Å²) >= 11 is 0. The van der Waals surface area contributed by atoms with Gasteiger partial charge in [0, 0.05) is 45.6 Å². The second-order valence-electron chi connectivity index (χ2n) is 14.8. The van der Waals surface area contributed by atoms with Gasteiger partial charge in [0.1, 0.15) is 6.17 Å². The van der Waals surface area contributed by atoms with E-state index < -0.39 is 0 Å². The number of hydrogen-bond acceptors (Lipinski definition) is 4. The van der Waals surface area contributed by atoms with Crippen molar-refractivity contribution in [3.63, 3.8) is 0 Å². The maximum atomic E-state index is 5.35. The smallest absolute Gasteiger partial charge is 0.207 e. The van der Waals surface area contributed by atoms with Crippen LogP contribution >= 0.6 is 0 Å². The van der Waals surface area contributed by atoms with E-state index in [4.69, 9.17) is 9.98 Å². The first kappa shape index (κ1) is 29.8. The van der Waals surface area contributed by atoms with E-state index in [-0.39, 0.29) is 18.1 Å². The Bertz CT molecular complexity index is 2630. The maximum absolute atomic E-state index is 5.35. The minimum Gasteiger partial charge on any atom is -0.330 e. The molecule has 0 amide bonds. The summed E-state index contributed by atoms with van der Waals surface area (Å²) in [5.74, 6) is 1.91. The van der Waals surface area contributed by atoms with E-state index >= 15 is 0 Å². The Hall–Kier alpha value is -5.94. The Balaban J connectivity index is 1.08. The number of rotatable bonds is 3. The fraction of sp³-hybridized carbons (Fsp3) is 0.191. The third-order valence-electron chi connectivity index (χ3n) is 11.8. The molecular weight excluding hydrogens is 635 g/mol. The van der Waals surface area contributed by atoms with Crippen molar-refractivity contribution in [2.24, 2.45) is 9.98 Å². The first-order chi connectivity index (χ1) is 25.8. The highest BCUT2D eigenvalue weighted by Crippen LogP contribution is 2.50. The molecule has 0 bridgehead atoms. The summed E-state index contributed by atoms with van der Waals surface area (Å²) in [4.78, 5) is 13.1. The van der Waals surface area contributed by atoms with E-state index in [0.717, 1.165) is 55.9 Å². The molecule has 3 unspecified atom stereocenters. The Morgan fingerprint density at radius 3 is 2.29 bits per heavy atom. The Labute approximate surface area is 303 Å². The monoisotopic (exact) mass is 673 g/mol. The molecule has 0 saturated carbocycles. The molecule has 0 fully saturated rings. The minimum atomic E-state index is -0.161. The quantitative estimate of drug-likeness (QED) is 0.203. The predicted octanol–water partition coefficient (Wildman–Crippen LogP) is 10.5. The SMILES string of the molecule is C1=CCCC(C2N=C(c3ccccc3)N=C(N3c4cc5ccccc5cc4C4C=C(n5c6c(c7cc8ccccc8cc75)C=CCC6)CCC43)N2)=C1. The van der Waals surface area contributed by atoms with Crippen molar-refractivity contribution in [2.75, 3.05) is 4.90 Å². The van der Waals surface area contributed by atoms with Crippen LogP contribution in [0.5, 0.6) is 0 Å². The normalized spacial score (nSPS) is 22.0. The summed E-state index contributed by atoms with van der Waals surface area (Å²) in [6, 6.07) is 38.0. The Kier molecular flexibility index (Phi) is 6.76. The largest absolute Gasteiger partial charge is 0.330 e. The summed E-state index contributed by atoms with van der Waals surface area (Å²) in [5.41, 5.74) is 10.6. The van der Waals surface area contributed by atoms with Gasteiger partial charge in [-0.3, -0.25) is 0 Å². The summed E-state index contributed by atoms with van der Waals surface area (Å²) < 4.78 is 2.63. The molecule has 52 heavy (non-hydrogen) atoms. The number of aromatic nitrogens is 1. The zero-order chi connectivity index (χ0) is 34.2. The van der Waals surface area contributed by atoms with Crippen LogP contribution in [0.2, 0.25) is 0 Å². The second kappa shape index (κ2) is 11.8. The lowest BCUT2D eigenvalue weighted by Gasteiger charge is -2.37. The van der Waals surface area contributed by atoms with Crippen LogP contribution in [0.25, 0.3) is 44.2 Å². The third-order valence-corrected chi connectivity index (χ3v) is 11.8. The molecule has 11 rings (SSSR count). The fourth-order valence-electron chi connectivity index (χ4n) is 9.37. The van der Waals surface area contributed by atoms with Gasteiger partial charge in [0.05, 0.1) is 5.52 Å². The molecule has 5 aliphatic rings. The maximum Gasteiger partial charge on any atom is 0.207 e. The van der Waals surface area contributed by atoms with E-state index in [1.54, 1.807) is 0 Å². The molecule has 252 valence electrons. The average Bonchev–Trinajstić information content (AvgIpc) is 3.70. The predicted molar refractivity (Wildman–Crippen MR) is 217 cm³/mol. The molecule has 5 nitrogen and oxygen atoms in total. The van der Waals surface area contributed by atoms with Gasteiger partial charge >= 0.3 is 0 Å². The number of amidine groups is 1. The molecule has 5 heteroatoms. The number of fused-ring (bicyclic) bond motifs is 8. The molecule has 0 spiro atoms. The number of nitrogens with zero attached hydrogens (tertiary/aromatic N) is 4. The van der Waals surface area contributed by atoms with Crippen LogP contribution in [-0.4, -0.2) is 28.6 Å². The van der Waals surface area contributed by atoms with Crippen molar-refractivity contribution in [1.29, 1.82) is 0 Å². The van der Waals surface area contributed by atoms with Crippen molar-refractivity contribution in [1.82, 2.24) is 9.88 Å². The fourth-order valence-corrected chi connectivity index (χ4v) is 9.37. The number of allylic oxidation sites excluding steroid dienone is 5. The molecule has 2 aliphatic heterocycles. The van der Waals surface area contributed by atoms with Crippen LogP contribution in [-0.2, 0) is 6.42 Å². The molecule has 1 aromatic heterocycles. The lowest BCUT2D eigenvalue weighted by Crippen LogP contribution is -2.52. The number of nitrogens with one attached hydrogen (secondary N) is 1. The third kappa shape index (κ3) is 4.68. The highest BCUT2D eigenvalue weighted by atomic mass is 15.4. The lowest BCUT2D eigenvalue weighted by molar-refractivity contribution is 0.557. The number of anilines is 1. The zero-order valence-corrected chi connectivity index (χ0v) is 29.0. The first-order valence-corrected chi connectivity index (χ1v) is 18.9. The van der Waals surface area contributed by atoms with Gasteiger partial charge in [0.15, 0.2) is 5.84 Å². The number of guanidine groups is 1. The standard InChI is InChI=1S/C47H39N5/c1-3-13-30(14-4-1)45-48-46(31-15-5-2-6-16-31)50-47(49-45)52-42-24-23-36(29-40(42)39-26-33-18-8-10-20-35(33)28-44(39)52)51-41-22-12-11-21-37(41)38-25-32-17-7-9-19-34(32)27-43(38)51/h1-5,7-11,13-15,17-21,25-29,40,42,46H,6,12,16,22-24H2,(H,48,49,50). The van der Waals surface area contributed by atoms with Crippen LogP contribution in [0.3, 0.4) is 0 Å². The van der Waals surface area contributed by atoms with Gasteiger partial charge in [-0.25, -0.2) is 4.99 Å². The number of benzene rings is 5. The zero-order valence-electron chi connectivity index (χ0n) is 29.0. The molecule has 6 aromatic rings. The summed E-state index contributed by atoms with van der Waals surface area (Å²) in [5, 5.41) is 10.4. The van der Waals surface area contributed by atoms with Gasteiger partial charge in [0.25, 0.3) is 0 Å². The molecule has 5 aromatic carbocycles. The molecule has 1 N–H and O–H groups in total. The van der Waals surface area contributed by atoms with Crippen molar-refractivity contribution in [2.45, 2.75) is 56.7 Å². The Morgan fingerprint density at radius 2 is 1.48 bits per heavy atom. The van der Waals surface area contributed by atoms with Crippen molar-refractivity contribution < 1.29 is 0 Å². The van der Waals surface area contributed by atoms with E-state index in [0.29, 0.717) is 0 Å². The molecule has 3 aliphatic carbocycles. The van der Waals surface area contributed by atoms with E-state index in [1.807, 2.05) is 0 Å². The first-order valence-electron chi connectivity index (χ1n) is 18.9. The van der Waals surface area contributed by atoms with Crippen LogP contribution < -0.4 is 10.2 Å². The van der Waals surface area contributed by atoms with Gasteiger partial charge in [0.2, 0.25) is 5.96 Å². The highest BCUT2D eigenvalue weighted by Gasteiger charge is 2.44. The number of aliphatic imine (C=N–C) groups is 2. The van der Waals surface area contributed by atoms with E-state index in [2.05, 4.69) is 154 Å². The topological polar surface area (TPSA) is 44.9 Å². The van der Waals surface area contributed by atoms with Gasteiger partial charge in [-0.1, -0.05) is 115 Å². The molecular formula is C47H39N5. The highest BCUT2D eigenvalue weighted by molar-refractivity contribution is 6.13. The van der Waals surface area contributed by atoms with Gasteiger partial charge in [-0.15, -0.1) is 0 Å². The summed E-state index contributed by atoms with van der Waals surface area (Å²) in [7, 11) is 0. The van der Waals surface area contributed by atoms with Gasteiger partial charge in [-0.2, -0.15) is 4.99 Å². The van der Waals surface area contributed by atoms with Crippen LogP contribution in [0.4, 0.5) is 5.69 Å². The lowest BCUT2D eigenvalue weighted by atomic mass is 9.85. The van der Waals surface area contributed by atoms with Crippen molar-refractivity contribution in [3.8, 4) is 0 Å². The summed E-state index contributed by atoms with van der Waals surface area (Å²) in [6.45, 7) is 0. The molecule has 0 saturated heterocycles. The van der Waals surface area contributed by atoms with E-state index in [9.17, 15) is 0 Å². The van der Waals surface area contributed by atoms with Crippen LogP contribution in [0.1, 0.15) is 60.4 Å². The van der Waals surface area contributed by atoms with Crippen LogP contribution in [0.15, 0.2) is 149 Å². The van der Waals surface area contributed by atoms with E-state index in [1.165, 1.54) is 66.2 Å². The minimum absolute atomic E-state index is 0.161. The van der Waals surface area contributed by atoms with Crippen molar-refractivity contribution >= 4 is 61.7 Å². The average molecular weight is 674 g/mol. The van der Waals surface area contributed by atoms with Crippen molar-refractivity contribution in [3.05, 3.63) is 161 Å². The Morgan fingerprint density at radius 1 is 0.731 bits per heavy atom.